The third-order valence-electron chi connectivity index (χ3n) is 4.15. The van der Waals surface area contributed by atoms with Gasteiger partial charge >= 0.3 is 0 Å². The Balaban J connectivity index is 0.00000364. The van der Waals surface area contributed by atoms with Gasteiger partial charge in [0.2, 0.25) is 0 Å². The monoisotopic (exact) mass is 525 g/mol. The molecule has 0 amide bonds. The average Bonchev–Trinajstić information content (AvgIpc) is 3.19. The van der Waals surface area contributed by atoms with Crippen molar-refractivity contribution in [2.24, 2.45) is 12.0 Å². The highest BCUT2D eigenvalue weighted by Gasteiger charge is 2.14. The molecule has 0 aliphatic carbocycles. The van der Waals surface area contributed by atoms with Crippen molar-refractivity contribution in [1.29, 1.82) is 0 Å². The Hall–Kier alpha value is -0.840. The first kappa shape index (κ1) is 24.2. The minimum Gasteiger partial charge on any atom is -0.386 e. The van der Waals surface area contributed by atoms with E-state index >= 15 is 0 Å². The number of guanidine groups is 1. The number of rotatable bonds is 8. The summed E-state index contributed by atoms with van der Waals surface area (Å²) in [6, 6.07) is 3.64. The number of nitrogens with one attached hydrogen (secondary N) is 2. The summed E-state index contributed by atoms with van der Waals surface area (Å²) in [6.45, 7) is 7.96. The molecule has 0 aliphatic heterocycles. The number of thiophene rings is 1. The molecule has 152 valence electrons. The van der Waals surface area contributed by atoms with Crippen molar-refractivity contribution in [1.82, 2.24) is 20.4 Å². The van der Waals surface area contributed by atoms with Crippen LogP contribution in [0.4, 0.5) is 0 Å². The molecular weight excluding hydrogens is 497 g/mol. The second-order valence-electron chi connectivity index (χ2n) is 5.94. The van der Waals surface area contributed by atoms with Gasteiger partial charge in [0.1, 0.15) is 6.10 Å². The molecule has 0 aliphatic rings. The molecule has 1 atom stereocenters. The average molecular weight is 526 g/mol. The Morgan fingerprint density at radius 3 is 2.59 bits per heavy atom. The zero-order chi connectivity index (χ0) is 19.1. The van der Waals surface area contributed by atoms with Gasteiger partial charge in [-0.15, -0.1) is 35.3 Å². The summed E-state index contributed by atoms with van der Waals surface area (Å²) >= 11 is 7.32. The van der Waals surface area contributed by atoms with Gasteiger partial charge in [-0.05, 0) is 31.9 Å². The van der Waals surface area contributed by atoms with E-state index in [2.05, 4.69) is 29.6 Å². The number of aryl methyl sites for hydroxylation is 2. The molecular formula is C18H29ClIN5OS. The molecule has 0 saturated carbocycles. The molecule has 0 bridgehead atoms. The highest BCUT2D eigenvalue weighted by molar-refractivity contribution is 14.0. The second kappa shape index (κ2) is 11.9. The van der Waals surface area contributed by atoms with E-state index in [0.29, 0.717) is 23.4 Å². The molecule has 2 heterocycles. The molecule has 6 nitrogen and oxygen atoms in total. The Morgan fingerprint density at radius 1 is 1.30 bits per heavy atom. The van der Waals surface area contributed by atoms with Crippen molar-refractivity contribution < 1.29 is 5.11 Å². The van der Waals surface area contributed by atoms with Crippen molar-refractivity contribution in [3.63, 3.8) is 0 Å². The van der Waals surface area contributed by atoms with Crippen LogP contribution in [0.5, 0.6) is 0 Å². The number of hydrogen-bond donors (Lipinski definition) is 3. The van der Waals surface area contributed by atoms with Gasteiger partial charge < -0.3 is 15.7 Å². The van der Waals surface area contributed by atoms with Crippen molar-refractivity contribution in [2.75, 3.05) is 13.1 Å². The molecule has 1 unspecified atom stereocenters. The maximum Gasteiger partial charge on any atom is 0.191 e. The number of hydrogen-bond acceptors (Lipinski definition) is 4. The van der Waals surface area contributed by atoms with Crippen LogP contribution in [-0.2, 0) is 26.4 Å². The third kappa shape index (κ3) is 6.62. The molecule has 2 rings (SSSR count). The van der Waals surface area contributed by atoms with Crippen molar-refractivity contribution in [3.05, 3.63) is 38.3 Å². The third-order valence-corrected chi connectivity index (χ3v) is 5.48. The summed E-state index contributed by atoms with van der Waals surface area (Å²) < 4.78 is 2.63. The minimum atomic E-state index is -0.618. The van der Waals surface area contributed by atoms with Crippen LogP contribution in [0, 0.1) is 0 Å². The van der Waals surface area contributed by atoms with E-state index in [1.807, 2.05) is 24.7 Å². The molecule has 3 N–H and O–H groups in total. The lowest BCUT2D eigenvalue weighted by Gasteiger charge is -2.14. The van der Waals surface area contributed by atoms with Gasteiger partial charge in [-0.3, -0.25) is 4.68 Å². The Kier molecular flexibility index (Phi) is 10.6. The van der Waals surface area contributed by atoms with E-state index in [1.54, 1.807) is 6.07 Å². The fourth-order valence-electron chi connectivity index (χ4n) is 2.87. The highest BCUT2D eigenvalue weighted by atomic mass is 127. The van der Waals surface area contributed by atoms with Gasteiger partial charge in [-0.2, -0.15) is 5.10 Å². The summed E-state index contributed by atoms with van der Waals surface area (Å²) in [5.74, 6) is 0.683. The normalized spacial score (nSPS) is 12.6. The summed E-state index contributed by atoms with van der Waals surface area (Å²) in [5.41, 5.74) is 3.51. The SMILES string of the molecule is CCNC(=NCc1c(CC)nn(C)c1CC)NCC(O)c1ccc(Cl)s1.I. The molecule has 0 saturated heterocycles. The molecule has 9 heteroatoms. The topological polar surface area (TPSA) is 74.5 Å². The van der Waals surface area contributed by atoms with E-state index in [0.717, 1.165) is 30.0 Å². The number of nitrogens with zero attached hydrogens (tertiary/aromatic N) is 3. The molecule has 2 aromatic rings. The summed E-state index contributed by atoms with van der Waals surface area (Å²) in [6.07, 6.45) is 1.20. The molecule has 0 fully saturated rings. The zero-order valence-corrected chi connectivity index (χ0v) is 20.2. The van der Waals surface area contributed by atoms with Crippen LogP contribution in [0.15, 0.2) is 17.1 Å². The molecule has 27 heavy (non-hydrogen) atoms. The molecule has 0 aromatic carbocycles. The smallest absolute Gasteiger partial charge is 0.191 e. The summed E-state index contributed by atoms with van der Waals surface area (Å²) in [5, 5.41) is 21.3. The fourth-order valence-corrected chi connectivity index (χ4v) is 3.92. The minimum absolute atomic E-state index is 0. The lowest BCUT2D eigenvalue weighted by atomic mass is 10.1. The Bertz CT molecular complexity index is 746. The van der Waals surface area contributed by atoms with Crippen molar-refractivity contribution in [2.45, 2.75) is 46.3 Å². The quantitative estimate of drug-likeness (QED) is 0.279. The van der Waals surface area contributed by atoms with Crippen molar-refractivity contribution >= 4 is 52.9 Å². The lowest BCUT2D eigenvalue weighted by molar-refractivity contribution is 0.184. The van der Waals surface area contributed by atoms with Crippen LogP contribution in [0.1, 0.15) is 48.7 Å². The van der Waals surface area contributed by atoms with Crippen LogP contribution in [-0.4, -0.2) is 33.9 Å². The number of aromatic nitrogens is 2. The van der Waals surface area contributed by atoms with Gasteiger partial charge in [0.15, 0.2) is 5.96 Å². The number of aliphatic hydroxyl groups is 1. The first-order valence-corrected chi connectivity index (χ1v) is 10.2. The van der Waals surface area contributed by atoms with E-state index in [-0.39, 0.29) is 24.0 Å². The second-order valence-corrected chi connectivity index (χ2v) is 7.68. The van der Waals surface area contributed by atoms with Gasteiger partial charge in [0, 0.05) is 36.3 Å². The maximum atomic E-state index is 10.3. The lowest BCUT2D eigenvalue weighted by Crippen LogP contribution is -2.39. The summed E-state index contributed by atoms with van der Waals surface area (Å²) in [7, 11) is 1.98. The van der Waals surface area contributed by atoms with Gasteiger partial charge in [-0.1, -0.05) is 25.4 Å². The molecule has 0 spiro atoms. The van der Waals surface area contributed by atoms with E-state index in [4.69, 9.17) is 16.6 Å². The van der Waals surface area contributed by atoms with E-state index in [1.165, 1.54) is 22.6 Å². The predicted octanol–water partition coefficient (Wildman–Crippen LogP) is 3.67. The van der Waals surface area contributed by atoms with Crippen LogP contribution in [0.3, 0.4) is 0 Å². The largest absolute Gasteiger partial charge is 0.386 e. The van der Waals surface area contributed by atoms with E-state index < -0.39 is 6.10 Å². The zero-order valence-electron chi connectivity index (χ0n) is 16.3. The standard InChI is InChI=1S/C18H28ClN5OS.HI/c1-5-13-12(14(6-2)24(4)23-13)10-21-18(20-7-3)22-11-15(25)16-8-9-17(19)26-16;/h8-9,15,25H,5-7,10-11H2,1-4H3,(H2,20,21,22);1H. The van der Waals surface area contributed by atoms with Gasteiger partial charge in [0.05, 0.1) is 16.6 Å². The van der Waals surface area contributed by atoms with Crippen molar-refractivity contribution in [3.8, 4) is 0 Å². The van der Waals surface area contributed by atoms with Crippen LogP contribution in [0.2, 0.25) is 4.34 Å². The van der Waals surface area contributed by atoms with E-state index in [9.17, 15) is 5.11 Å². The van der Waals surface area contributed by atoms with Gasteiger partial charge in [-0.25, -0.2) is 4.99 Å². The molecule has 2 aromatic heterocycles. The number of aliphatic imine (C=N–C) groups is 1. The predicted molar refractivity (Wildman–Crippen MR) is 124 cm³/mol. The summed E-state index contributed by atoms with van der Waals surface area (Å²) in [4.78, 5) is 5.53. The maximum absolute atomic E-state index is 10.3. The highest BCUT2D eigenvalue weighted by Crippen LogP contribution is 2.26. The van der Waals surface area contributed by atoms with Gasteiger partial charge in [0.25, 0.3) is 0 Å². The van der Waals surface area contributed by atoms with Crippen LogP contribution < -0.4 is 10.6 Å². The number of halogens is 2. The first-order valence-electron chi connectivity index (χ1n) is 8.99. The fraction of sp³-hybridized carbons (Fsp3) is 0.556. The van der Waals surface area contributed by atoms with Crippen LogP contribution in [0.25, 0.3) is 0 Å². The van der Waals surface area contributed by atoms with Crippen LogP contribution >= 0.6 is 46.9 Å². The Morgan fingerprint density at radius 2 is 2.04 bits per heavy atom. The number of aliphatic hydroxyl groups excluding tert-OH is 1. The Labute approximate surface area is 187 Å². The first-order chi connectivity index (χ1) is 12.5. The molecule has 0 radical (unpaired) electrons.